The van der Waals surface area contributed by atoms with Crippen molar-refractivity contribution < 1.29 is 23.5 Å². The molecule has 2 heterocycles. The van der Waals surface area contributed by atoms with Gasteiger partial charge in [-0.15, -0.1) is 0 Å². The number of amides is 1. The number of nitrogens with zero attached hydrogens (tertiary/aromatic N) is 1. The zero-order chi connectivity index (χ0) is 22.5. The largest absolute Gasteiger partial charge is 0.497 e. The van der Waals surface area contributed by atoms with E-state index in [9.17, 15) is 9.59 Å². The van der Waals surface area contributed by atoms with Crippen molar-refractivity contribution in [1.29, 1.82) is 0 Å². The fourth-order valence-electron chi connectivity index (χ4n) is 3.19. The van der Waals surface area contributed by atoms with E-state index in [0.29, 0.717) is 28.2 Å². The fourth-order valence-corrected chi connectivity index (χ4v) is 3.85. The minimum atomic E-state index is -0.426. The first-order valence-electron chi connectivity index (χ1n) is 9.72. The van der Waals surface area contributed by atoms with Crippen LogP contribution >= 0.6 is 11.8 Å². The number of furan rings is 1. The number of aromatic nitrogens is 1. The first kappa shape index (κ1) is 21.5. The smallest absolute Gasteiger partial charge is 0.234 e. The van der Waals surface area contributed by atoms with Crippen LogP contribution in [0.4, 0.5) is 5.69 Å². The Balaban J connectivity index is 1.68. The quantitative estimate of drug-likeness (QED) is 0.306. The highest BCUT2D eigenvalue weighted by molar-refractivity contribution is 7.99. The van der Waals surface area contributed by atoms with E-state index < -0.39 is 5.78 Å². The molecule has 2 aromatic heterocycles. The Morgan fingerprint density at radius 3 is 2.59 bits per heavy atom. The van der Waals surface area contributed by atoms with Crippen molar-refractivity contribution in [2.24, 2.45) is 0 Å². The van der Waals surface area contributed by atoms with Gasteiger partial charge in [-0.2, -0.15) is 0 Å². The van der Waals surface area contributed by atoms with Crippen molar-refractivity contribution in [3.8, 4) is 11.5 Å². The van der Waals surface area contributed by atoms with Crippen molar-refractivity contribution in [2.45, 2.75) is 5.03 Å². The van der Waals surface area contributed by atoms with Crippen LogP contribution in [0.1, 0.15) is 16.1 Å². The Hall–Kier alpha value is -3.78. The van der Waals surface area contributed by atoms with Gasteiger partial charge in [0.15, 0.2) is 5.76 Å². The maximum absolute atomic E-state index is 13.4. The predicted octanol–water partition coefficient (Wildman–Crippen LogP) is 4.81. The van der Waals surface area contributed by atoms with Crippen molar-refractivity contribution >= 4 is 40.1 Å². The first-order chi connectivity index (χ1) is 15.6. The number of ether oxygens (including phenoxy) is 2. The molecule has 1 N–H and O–H groups in total. The van der Waals surface area contributed by atoms with Gasteiger partial charge in [0.1, 0.15) is 17.1 Å². The molecule has 4 aromatic rings. The highest BCUT2D eigenvalue weighted by Gasteiger charge is 2.26. The van der Waals surface area contributed by atoms with E-state index in [2.05, 4.69) is 10.3 Å². The molecule has 0 aliphatic carbocycles. The summed E-state index contributed by atoms with van der Waals surface area (Å²) < 4.78 is 16.5. The van der Waals surface area contributed by atoms with E-state index in [-0.39, 0.29) is 23.0 Å². The lowest BCUT2D eigenvalue weighted by Gasteiger charge is -2.10. The molecule has 0 saturated heterocycles. The molecule has 8 heteroatoms. The Bertz CT molecular complexity index is 1270. The summed E-state index contributed by atoms with van der Waals surface area (Å²) in [6, 6.07) is 17.6. The van der Waals surface area contributed by atoms with E-state index in [1.165, 1.54) is 26.0 Å². The number of hydrogen-bond donors (Lipinski definition) is 1. The van der Waals surface area contributed by atoms with Crippen LogP contribution in [0.25, 0.3) is 11.0 Å². The molecule has 0 bridgehead atoms. The van der Waals surface area contributed by atoms with Crippen molar-refractivity contribution in [2.75, 3.05) is 25.3 Å². The van der Waals surface area contributed by atoms with E-state index in [0.717, 1.165) is 5.03 Å². The number of carbonyl (C=O) groups is 2. The standard InChI is InChI=1S/C24H20N2O5S/c1-29-15-10-11-18(30-2)17(13-15)23(28)24-22(16-7-3-4-8-19(16)31-24)26-20(27)14-32-21-9-5-6-12-25-21/h3-13H,14H2,1-2H3,(H,26,27). The summed E-state index contributed by atoms with van der Waals surface area (Å²) >= 11 is 1.30. The molecule has 4 rings (SSSR count). The van der Waals surface area contributed by atoms with Gasteiger partial charge >= 0.3 is 0 Å². The molecule has 0 atom stereocenters. The number of para-hydroxylation sites is 1. The lowest BCUT2D eigenvalue weighted by atomic mass is 10.1. The van der Waals surface area contributed by atoms with Crippen molar-refractivity contribution in [3.63, 3.8) is 0 Å². The second kappa shape index (κ2) is 9.57. The van der Waals surface area contributed by atoms with Gasteiger partial charge in [-0.1, -0.05) is 30.0 Å². The minimum Gasteiger partial charge on any atom is -0.497 e. The van der Waals surface area contributed by atoms with Crippen LogP contribution in [0, 0.1) is 0 Å². The van der Waals surface area contributed by atoms with Crippen LogP contribution in [-0.4, -0.2) is 36.6 Å². The third-order valence-corrected chi connectivity index (χ3v) is 5.65. The maximum atomic E-state index is 13.4. The molecule has 162 valence electrons. The highest BCUT2D eigenvalue weighted by atomic mass is 32.2. The average molecular weight is 449 g/mol. The van der Waals surface area contributed by atoms with Gasteiger partial charge in [0, 0.05) is 11.6 Å². The third kappa shape index (κ3) is 4.45. The molecular formula is C24H20N2O5S. The van der Waals surface area contributed by atoms with Gasteiger partial charge in [0.05, 0.1) is 36.2 Å². The zero-order valence-electron chi connectivity index (χ0n) is 17.5. The SMILES string of the molecule is COc1ccc(OC)c(C(=O)c2oc3ccccc3c2NC(=O)CSc2ccccn2)c1. The van der Waals surface area contributed by atoms with E-state index in [1.54, 1.807) is 42.6 Å². The lowest BCUT2D eigenvalue weighted by Crippen LogP contribution is -2.16. The summed E-state index contributed by atoms with van der Waals surface area (Å²) in [4.78, 5) is 30.4. The molecule has 0 fully saturated rings. The molecule has 0 spiro atoms. The molecule has 1 amide bonds. The number of rotatable bonds is 8. The van der Waals surface area contributed by atoms with Gasteiger partial charge in [0.25, 0.3) is 0 Å². The molecule has 0 aliphatic heterocycles. The van der Waals surface area contributed by atoms with Gasteiger partial charge in [-0.05, 0) is 42.5 Å². The number of benzene rings is 2. The fraction of sp³-hybridized carbons (Fsp3) is 0.125. The minimum absolute atomic E-state index is 0.0222. The number of pyridine rings is 1. The second-order valence-electron chi connectivity index (χ2n) is 6.70. The number of thioether (sulfide) groups is 1. The Labute approximate surface area is 188 Å². The molecular weight excluding hydrogens is 428 g/mol. The maximum Gasteiger partial charge on any atom is 0.234 e. The second-order valence-corrected chi connectivity index (χ2v) is 7.70. The predicted molar refractivity (Wildman–Crippen MR) is 123 cm³/mol. The topological polar surface area (TPSA) is 90.7 Å². The van der Waals surface area contributed by atoms with E-state index in [4.69, 9.17) is 13.9 Å². The Morgan fingerprint density at radius 1 is 1.03 bits per heavy atom. The molecule has 32 heavy (non-hydrogen) atoms. The summed E-state index contributed by atoms with van der Waals surface area (Å²) in [5, 5.41) is 4.21. The molecule has 0 unspecified atom stereocenters. The lowest BCUT2D eigenvalue weighted by molar-refractivity contribution is -0.113. The van der Waals surface area contributed by atoms with Crippen LogP contribution in [0.2, 0.25) is 0 Å². The molecule has 2 aromatic carbocycles. The normalized spacial score (nSPS) is 10.7. The number of nitrogens with one attached hydrogen (secondary N) is 1. The number of fused-ring (bicyclic) bond motifs is 1. The van der Waals surface area contributed by atoms with E-state index >= 15 is 0 Å². The van der Waals surface area contributed by atoms with E-state index in [1.807, 2.05) is 24.3 Å². The van der Waals surface area contributed by atoms with Crippen molar-refractivity contribution in [1.82, 2.24) is 4.98 Å². The average Bonchev–Trinajstić information content (AvgIpc) is 3.20. The summed E-state index contributed by atoms with van der Waals surface area (Å²) in [6.45, 7) is 0. The number of hydrogen-bond acceptors (Lipinski definition) is 7. The van der Waals surface area contributed by atoms with Crippen molar-refractivity contribution in [3.05, 3.63) is 78.2 Å². The van der Waals surface area contributed by atoms with Gasteiger partial charge in [-0.25, -0.2) is 4.98 Å². The van der Waals surface area contributed by atoms with Crippen LogP contribution < -0.4 is 14.8 Å². The summed E-state index contributed by atoms with van der Waals surface area (Å²) in [6.07, 6.45) is 1.67. The van der Waals surface area contributed by atoms with Gasteiger partial charge in [0.2, 0.25) is 11.7 Å². The number of ketones is 1. The molecule has 0 saturated carbocycles. The summed E-state index contributed by atoms with van der Waals surface area (Å²) in [5.41, 5.74) is 1.08. The van der Waals surface area contributed by atoms with Crippen LogP contribution in [0.3, 0.4) is 0 Å². The third-order valence-electron chi connectivity index (χ3n) is 4.71. The molecule has 7 nitrogen and oxygen atoms in total. The van der Waals surface area contributed by atoms with Gasteiger partial charge in [-0.3, -0.25) is 9.59 Å². The Morgan fingerprint density at radius 2 is 1.84 bits per heavy atom. The Kier molecular flexibility index (Phi) is 6.42. The molecule has 0 radical (unpaired) electrons. The summed E-state index contributed by atoms with van der Waals surface area (Å²) in [7, 11) is 3.00. The van der Waals surface area contributed by atoms with Crippen LogP contribution in [-0.2, 0) is 4.79 Å². The number of anilines is 1. The van der Waals surface area contributed by atoms with Gasteiger partial charge < -0.3 is 19.2 Å². The van der Waals surface area contributed by atoms with Crippen LogP contribution in [0.15, 0.2) is 76.3 Å². The summed E-state index contributed by atoms with van der Waals surface area (Å²) in [5.74, 6) is 0.325. The zero-order valence-corrected chi connectivity index (χ0v) is 18.3. The number of methoxy groups -OCH3 is 2. The monoisotopic (exact) mass is 448 g/mol. The highest BCUT2D eigenvalue weighted by Crippen LogP contribution is 2.35. The van der Waals surface area contributed by atoms with Crippen LogP contribution in [0.5, 0.6) is 11.5 Å². The number of carbonyl (C=O) groups excluding carboxylic acids is 2. The molecule has 0 aliphatic rings. The first-order valence-corrected chi connectivity index (χ1v) is 10.7.